The number of aromatic amines is 2. The fourth-order valence-corrected chi connectivity index (χ4v) is 9.76. The van der Waals surface area contributed by atoms with Crippen molar-refractivity contribution in [3.63, 3.8) is 0 Å². The van der Waals surface area contributed by atoms with Gasteiger partial charge in [0, 0.05) is 66.9 Å². The number of benzene rings is 3. The summed E-state index contributed by atoms with van der Waals surface area (Å²) in [5.74, 6) is 0.215. The SMILES string of the molecule is O=C1CCc2cc(c(O)c(OC3CCCC3)c2)Cc2cccc(c2)Cc2cc[nH]c2NCC2=Cc3[nH]ccc3[C@@H](C[C@]3(O)C=Cc4c(O)cccc4CC3)[C@H]2C(=O)C1. The maximum Gasteiger partial charge on any atom is 0.161 e. The molecule has 1 aliphatic heterocycles. The Hall–Kier alpha value is -5.80. The quantitative estimate of drug-likeness (QED) is 0.100. The molecule has 5 aromatic rings. The Morgan fingerprint density at radius 2 is 1.59 bits per heavy atom. The van der Waals surface area contributed by atoms with E-state index in [1.807, 2.05) is 48.8 Å². The summed E-state index contributed by atoms with van der Waals surface area (Å²) in [6.07, 6.45) is 16.3. The lowest BCUT2D eigenvalue weighted by molar-refractivity contribution is -0.129. The van der Waals surface area contributed by atoms with Crippen LogP contribution in [0.15, 0.2) is 90.8 Å². The van der Waals surface area contributed by atoms with E-state index < -0.39 is 17.4 Å². The van der Waals surface area contributed by atoms with Gasteiger partial charge in [0.15, 0.2) is 11.5 Å². The first kappa shape index (κ1) is 37.8. The third-order valence-corrected chi connectivity index (χ3v) is 12.8. The molecule has 6 N–H and O–H groups in total. The van der Waals surface area contributed by atoms with Crippen molar-refractivity contribution in [2.45, 2.75) is 94.7 Å². The van der Waals surface area contributed by atoms with E-state index in [4.69, 9.17) is 4.74 Å². The molecule has 4 aliphatic rings. The summed E-state index contributed by atoms with van der Waals surface area (Å²) < 4.78 is 6.39. The number of nitrogens with one attached hydrogen (secondary N) is 3. The number of aromatic hydroxyl groups is 2. The molecule has 0 amide bonds. The van der Waals surface area contributed by atoms with Gasteiger partial charge in [-0.25, -0.2) is 0 Å². The average molecular weight is 778 g/mol. The Bertz CT molecular complexity index is 2410. The maximum absolute atomic E-state index is 14.8. The van der Waals surface area contributed by atoms with Gasteiger partial charge in [0.25, 0.3) is 0 Å². The summed E-state index contributed by atoms with van der Waals surface area (Å²) in [6.45, 7) is 0.357. The van der Waals surface area contributed by atoms with Crippen LogP contribution < -0.4 is 10.1 Å². The Balaban J connectivity index is 1.07. The van der Waals surface area contributed by atoms with Gasteiger partial charge in [0.2, 0.25) is 0 Å². The molecule has 3 aromatic carbocycles. The van der Waals surface area contributed by atoms with Crippen molar-refractivity contribution < 1.29 is 29.6 Å². The van der Waals surface area contributed by atoms with E-state index in [9.17, 15) is 24.9 Å². The zero-order chi connectivity index (χ0) is 39.8. The van der Waals surface area contributed by atoms with E-state index in [0.29, 0.717) is 50.0 Å². The number of phenolic OH excluding ortho intramolecular Hbond substituents is 2. The number of rotatable bonds is 4. The molecule has 3 atom stereocenters. The van der Waals surface area contributed by atoms with Crippen LogP contribution in [-0.4, -0.2) is 55.1 Å². The predicted octanol–water partition coefficient (Wildman–Crippen LogP) is 8.72. The third kappa shape index (κ3) is 7.88. The second kappa shape index (κ2) is 15.9. The lowest BCUT2D eigenvalue weighted by atomic mass is 9.68. The number of phenols is 2. The van der Waals surface area contributed by atoms with Gasteiger partial charge in [0.05, 0.1) is 18.1 Å². The van der Waals surface area contributed by atoms with E-state index in [1.54, 1.807) is 18.2 Å². The van der Waals surface area contributed by atoms with Crippen LogP contribution in [0.25, 0.3) is 12.2 Å². The first-order valence-electron chi connectivity index (χ1n) is 20.8. The molecule has 1 fully saturated rings. The number of ketones is 2. The Morgan fingerprint density at radius 1 is 0.793 bits per heavy atom. The molecule has 0 unspecified atom stereocenters. The molecule has 3 heterocycles. The van der Waals surface area contributed by atoms with Crippen molar-refractivity contribution in [3.05, 3.63) is 141 Å². The van der Waals surface area contributed by atoms with Crippen molar-refractivity contribution in [2.24, 2.45) is 5.92 Å². The number of anilines is 1. The average Bonchev–Trinajstić information content (AvgIpc) is 3.98. The number of carbonyl (C=O) groups excluding carboxylic acids is 2. The molecule has 58 heavy (non-hydrogen) atoms. The van der Waals surface area contributed by atoms with Gasteiger partial charge >= 0.3 is 0 Å². The van der Waals surface area contributed by atoms with Gasteiger partial charge in [-0.1, -0.05) is 54.6 Å². The van der Waals surface area contributed by atoms with Crippen LogP contribution in [0.5, 0.6) is 17.2 Å². The predicted molar refractivity (Wildman–Crippen MR) is 225 cm³/mol. The van der Waals surface area contributed by atoms with Crippen LogP contribution >= 0.6 is 0 Å². The van der Waals surface area contributed by atoms with Crippen LogP contribution in [-0.2, 0) is 35.3 Å². The molecule has 4 bridgehead atoms. The number of ether oxygens (including phenoxy) is 1. The van der Waals surface area contributed by atoms with E-state index in [0.717, 1.165) is 81.7 Å². The number of aromatic nitrogens is 2. The van der Waals surface area contributed by atoms with Crippen LogP contribution in [0.3, 0.4) is 0 Å². The van der Waals surface area contributed by atoms with Crippen LogP contribution in [0, 0.1) is 5.92 Å². The molecule has 9 rings (SSSR count). The normalized spacial score (nSPS) is 22.5. The highest BCUT2D eigenvalue weighted by Crippen LogP contribution is 2.46. The van der Waals surface area contributed by atoms with Gasteiger partial charge in [-0.2, -0.15) is 0 Å². The molecule has 2 aromatic heterocycles. The zero-order valence-electron chi connectivity index (χ0n) is 32.7. The van der Waals surface area contributed by atoms with Gasteiger partial charge in [-0.05, 0) is 121 Å². The smallest absolute Gasteiger partial charge is 0.161 e. The number of fused-ring (bicyclic) bond motifs is 8. The van der Waals surface area contributed by atoms with E-state index >= 15 is 0 Å². The third-order valence-electron chi connectivity index (χ3n) is 12.8. The van der Waals surface area contributed by atoms with E-state index in [-0.39, 0.29) is 48.4 Å². The monoisotopic (exact) mass is 777 g/mol. The van der Waals surface area contributed by atoms with E-state index in [2.05, 4.69) is 45.6 Å². The van der Waals surface area contributed by atoms with Gasteiger partial charge < -0.3 is 35.3 Å². The summed E-state index contributed by atoms with van der Waals surface area (Å²) in [6, 6.07) is 21.8. The van der Waals surface area contributed by atoms with Crippen molar-refractivity contribution in [1.82, 2.24) is 9.97 Å². The minimum absolute atomic E-state index is 0.0513. The van der Waals surface area contributed by atoms with Crippen LogP contribution in [0.2, 0.25) is 0 Å². The number of H-pyrrole nitrogens is 2. The highest BCUT2D eigenvalue weighted by Gasteiger charge is 2.42. The highest BCUT2D eigenvalue weighted by molar-refractivity contribution is 6.02. The summed E-state index contributed by atoms with van der Waals surface area (Å²) in [5.41, 5.74) is 7.96. The molecular formula is C49H51N3O6. The Morgan fingerprint density at radius 3 is 2.43 bits per heavy atom. The fraction of sp³-hybridized carbons (Fsp3) is 0.347. The minimum atomic E-state index is -1.27. The molecule has 9 nitrogen and oxygen atoms in total. The first-order valence-corrected chi connectivity index (χ1v) is 20.8. The summed E-state index contributed by atoms with van der Waals surface area (Å²) in [4.78, 5) is 35.4. The lowest BCUT2D eigenvalue weighted by Gasteiger charge is -2.37. The standard InChI is InChI=1S/C49H51N3O6/c53-37-12-11-32-24-35(47(56)45(25-32)58-38-8-1-2-9-38)23-31-6-3-5-30(21-31)22-34-15-19-51-48(34)52-29-36-26-42-40(16-20-50-42)41(46(36)44(55)27-37)28-49(57)17-13-33-7-4-10-43(54)39(33)14-18-49/h3-7,10,14-16,18-21,24-26,38,41,46,50-52,54,56-57H,1-2,8-9,11-13,17,22-23,27-29H2/t41-,46+,49-/m1/s1. The van der Waals surface area contributed by atoms with Gasteiger partial charge in [0.1, 0.15) is 23.1 Å². The lowest BCUT2D eigenvalue weighted by Crippen LogP contribution is -2.37. The summed E-state index contributed by atoms with van der Waals surface area (Å²) in [7, 11) is 0. The second-order valence-corrected chi connectivity index (χ2v) is 16.9. The Kier molecular flexibility index (Phi) is 10.3. The Labute approximate surface area is 338 Å². The minimum Gasteiger partial charge on any atom is -0.507 e. The first-order chi connectivity index (χ1) is 28.2. The molecule has 0 saturated heterocycles. The number of carbonyl (C=O) groups is 2. The fourth-order valence-electron chi connectivity index (χ4n) is 9.76. The van der Waals surface area contributed by atoms with Crippen LogP contribution in [0.1, 0.15) is 107 Å². The number of hydrogen-bond donors (Lipinski definition) is 6. The van der Waals surface area contributed by atoms with E-state index in [1.165, 1.54) is 0 Å². The topological polar surface area (TPSA) is 148 Å². The number of hydrogen-bond acceptors (Lipinski definition) is 7. The maximum atomic E-state index is 14.8. The largest absolute Gasteiger partial charge is 0.507 e. The van der Waals surface area contributed by atoms with Crippen molar-refractivity contribution in [3.8, 4) is 17.2 Å². The molecule has 9 heteroatoms. The summed E-state index contributed by atoms with van der Waals surface area (Å²) in [5, 5.41) is 38.0. The molecule has 1 saturated carbocycles. The van der Waals surface area contributed by atoms with Crippen molar-refractivity contribution >= 4 is 29.5 Å². The summed E-state index contributed by atoms with van der Waals surface area (Å²) >= 11 is 0. The van der Waals surface area contributed by atoms with Crippen molar-refractivity contribution in [2.75, 3.05) is 11.9 Å². The molecule has 0 spiro atoms. The van der Waals surface area contributed by atoms with Gasteiger partial charge in [-0.3, -0.25) is 9.59 Å². The molecular weight excluding hydrogens is 727 g/mol. The van der Waals surface area contributed by atoms with Gasteiger partial charge in [-0.15, -0.1) is 0 Å². The second-order valence-electron chi connectivity index (χ2n) is 16.9. The highest BCUT2D eigenvalue weighted by atomic mass is 16.5. The molecule has 0 radical (unpaired) electrons. The molecule has 3 aliphatic carbocycles. The van der Waals surface area contributed by atoms with Crippen LogP contribution in [0.4, 0.5) is 5.82 Å². The number of aryl methyl sites for hydroxylation is 2. The van der Waals surface area contributed by atoms with Crippen molar-refractivity contribution in [1.29, 1.82) is 0 Å². The zero-order valence-corrected chi connectivity index (χ0v) is 32.7. The molecule has 298 valence electrons. The number of aliphatic hydroxyl groups is 1. The number of Topliss-reactive ketones (excluding diaryl/α,β-unsaturated/α-hetero) is 2.